The number of hydrogen-bond acceptors (Lipinski definition) is 9. The lowest BCUT2D eigenvalue weighted by molar-refractivity contribution is 0.0162. The zero-order valence-electron chi connectivity index (χ0n) is 29.0. The molecule has 0 spiro atoms. The van der Waals surface area contributed by atoms with E-state index in [4.69, 9.17) is 14.7 Å². The summed E-state index contributed by atoms with van der Waals surface area (Å²) in [6, 6.07) is 2.15. The molecule has 0 amide bonds. The predicted molar refractivity (Wildman–Crippen MR) is 191 cm³/mol. The molecule has 4 fully saturated rings. The summed E-state index contributed by atoms with van der Waals surface area (Å²) >= 11 is 0. The van der Waals surface area contributed by atoms with Crippen molar-refractivity contribution in [1.82, 2.24) is 39.7 Å². The molecule has 4 N–H and O–H groups in total. The molecule has 0 bridgehead atoms. The molecule has 8 rings (SSSR count). The van der Waals surface area contributed by atoms with Crippen molar-refractivity contribution in [2.75, 3.05) is 38.3 Å². The molecule has 11 nitrogen and oxygen atoms in total. The SMILES string of the molecule is CN(C)C1CCC(Nc2ncnc3[nH]cc(C4CCC(CN(C)C5CCC(Nc6ncnc7[nH]cc(C8CCCC8)c67)CC5)O4)c23)CC1. The van der Waals surface area contributed by atoms with Crippen molar-refractivity contribution in [2.24, 2.45) is 0 Å². The number of hydrogen-bond donors (Lipinski definition) is 4. The topological polar surface area (TPSA) is 123 Å². The monoisotopic (exact) mass is 654 g/mol. The van der Waals surface area contributed by atoms with Crippen LogP contribution in [0, 0.1) is 0 Å². The fourth-order valence-corrected chi connectivity index (χ4v) is 9.33. The van der Waals surface area contributed by atoms with Crippen LogP contribution in [0.15, 0.2) is 25.0 Å². The van der Waals surface area contributed by atoms with Crippen LogP contribution in [0.2, 0.25) is 0 Å². The number of aromatic nitrogens is 6. The molecule has 2 atom stereocenters. The predicted octanol–water partition coefficient (Wildman–Crippen LogP) is 6.75. The Bertz CT molecular complexity index is 1660. The van der Waals surface area contributed by atoms with E-state index in [2.05, 4.69) is 73.9 Å². The minimum absolute atomic E-state index is 0.0698. The molecule has 4 aliphatic rings. The van der Waals surface area contributed by atoms with Gasteiger partial charge in [0.1, 0.15) is 35.6 Å². The minimum Gasteiger partial charge on any atom is -0.369 e. The van der Waals surface area contributed by atoms with Crippen molar-refractivity contribution >= 4 is 33.7 Å². The summed E-state index contributed by atoms with van der Waals surface area (Å²) in [5.74, 6) is 2.60. The Morgan fingerprint density at radius 1 is 0.667 bits per heavy atom. The van der Waals surface area contributed by atoms with Gasteiger partial charge in [-0.05, 0) is 110 Å². The average Bonchev–Trinajstić information content (AvgIpc) is 3.92. The van der Waals surface area contributed by atoms with Crippen LogP contribution in [-0.4, -0.2) is 97.7 Å². The van der Waals surface area contributed by atoms with Crippen LogP contribution >= 0.6 is 0 Å². The lowest BCUT2D eigenvalue weighted by Crippen LogP contribution is -2.41. The molecule has 1 saturated heterocycles. The van der Waals surface area contributed by atoms with Crippen LogP contribution in [0.1, 0.15) is 113 Å². The van der Waals surface area contributed by atoms with Gasteiger partial charge in [0, 0.05) is 48.7 Å². The third kappa shape index (κ3) is 6.53. The summed E-state index contributed by atoms with van der Waals surface area (Å²) < 4.78 is 6.77. The molecule has 4 aromatic heterocycles. The van der Waals surface area contributed by atoms with Crippen molar-refractivity contribution in [1.29, 1.82) is 0 Å². The number of fused-ring (bicyclic) bond motifs is 2. The Balaban J connectivity index is 0.854. The first-order chi connectivity index (χ1) is 23.5. The normalized spacial score (nSPS) is 28.7. The summed E-state index contributed by atoms with van der Waals surface area (Å²) in [5.41, 5.74) is 4.47. The molecule has 258 valence electrons. The van der Waals surface area contributed by atoms with Crippen LogP contribution < -0.4 is 10.6 Å². The number of anilines is 2. The van der Waals surface area contributed by atoms with Gasteiger partial charge in [-0.15, -0.1) is 0 Å². The maximum atomic E-state index is 6.77. The maximum absolute atomic E-state index is 6.77. The molecule has 3 saturated carbocycles. The molecule has 0 aromatic carbocycles. The van der Waals surface area contributed by atoms with Crippen LogP contribution in [0.4, 0.5) is 11.6 Å². The minimum atomic E-state index is 0.0698. The van der Waals surface area contributed by atoms with E-state index in [0.29, 0.717) is 30.1 Å². The molecule has 4 aromatic rings. The van der Waals surface area contributed by atoms with Crippen molar-refractivity contribution in [3.05, 3.63) is 36.2 Å². The van der Waals surface area contributed by atoms with Gasteiger partial charge < -0.3 is 35.1 Å². The van der Waals surface area contributed by atoms with E-state index in [1.165, 1.54) is 80.7 Å². The van der Waals surface area contributed by atoms with E-state index >= 15 is 0 Å². The number of H-pyrrole nitrogens is 2. The Morgan fingerprint density at radius 2 is 1.23 bits per heavy atom. The highest BCUT2D eigenvalue weighted by atomic mass is 16.5. The van der Waals surface area contributed by atoms with Crippen molar-refractivity contribution in [2.45, 2.75) is 132 Å². The first-order valence-electron chi connectivity index (χ1n) is 18.7. The molecule has 5 heterocycles. The molecule has 11 heteroatoms. The van der Waals surface area contributed by atoms with E-state index in [1.807, 2.05) is 0 Å². The second kappa shape index (κ2) is 13.9. The number of rotatable bonds is 10. The highest BCUT2D eigenvalue weighted by Crippen LogP contribution is 2.41. The van der Waals surface area contributed by atoms with Gasteiger partial charge in [-0.25, -0.2) is 19.9 Å². The van der Waals surface area contributed by atoms with Crippen LogP contribution in [0.3, 0.4) is 0 Å². The summed E-state index contributed by atoms with van der Waals surface area (Å²) in [6.45, 7) is 0.971. The zero-order chi connectivity index (χ0) is 32.6. The van der Waals surface area contributed by atoms with E-state index < -0.39 is 0 Å². The van der Waals surface area contributed by atoms with E-state index in [-0.39, 0.29) is 12.2 Å². The molecule has 0 radical (unpaired) electrons. The summed E-state index contributed by atoms with van der Waals surface area (Å²) in [4.78, 5) is 30.3. The maximum Gasteiger partial charge on any atom is 0.143 e. The lowest BCUT2D eigenvalue weighted by atomic mass is 9.90. The lowest BCUT2D eigenvalue weighted by Gasteiger charge is -2.36. The zero-order valence-corrected chi connectivity index (χ0v) is 29.0. The number of likely N-dealkylation sites (N-methyl/N-ethyl adjacent to an activating group) is 1. The number of nitrogens with one attached hydrogen (secondary N) is 4. The summed E-state index contributed by atoms with van der Waals surface area (Å²) in [5, 5.41) is 9.96. The Labute approximate surface area is 284 Å². The van der Waals surface area contributed by atoms with E-state index in [0.717, 1.165) is 60.5 Å². The van der Waals surface area contributed by atoms with Gasteiger partial charge in [0.2, 0.25) is 0 Å². The van der Waals surface area contributed by atoms with Crippen LogP contribution in [-0.2, 0) is 4.74 Å². The first-order valence-corrected chi connectivity index (χ1v) is 18.7. The molecule has 48 heavy (non-hydrogen) atoms. The first kappa shape index (κ1) is 32.0. The van der Waals surface area contributed by atoms with Gasteiger partial charge in [0.15, 0.2) is 0 Å². The molecular weight excluding hydrogens is 600 g/mol. The van der Waals surface area contributed by atoms with Gasteiger partial charge in [0.25, 0.3) is 0 Å². The summed E-state index contributed by atoms with van der Waals surface area (Å²) in [7, 11) is 6.69. The van der Waals surface area contributed by atoms with Crippen molar-refractivity contribution in [3.8, 4) is 0 Å². The van der Waals surface area contributed by atoms with Gasteiger partial charge in [-0.3, -0.25) is 0 Å². The largest absolute Gasteiger partial charge is 0.369 e. The Kier molecular flexibility index (Phi) is 9.26. The van der Waals surface area contributed by atoms with Crippen LogP contribution in [0.5, 0.6) is 0 Å². The molecule has 1 aliphatic heterocycles. The smallest absolute Gasteiger partial charge is 0.143 e. The Hall–Kier alpha value is -3.28. The molecule has 3 aliphatic carbocycles. The number of aromatic amines is 2. The van der Waals surface area contributed by atoms with Gasteiger partial charge >= 0.3 is 0 Å². The third-order valence-corrected chi connectivity index (χ3v) is 12.2. The van der Waals surface area contributed by atoms with Gasteiger partial charge in [-0.2, -0.15) is 0 Å². The van der Waals surface area contributed by atoms with E-state index in [9.17, 15) is 0 Å². The Morgan fingerprint density at radius 3 is 1.83 bits per heavy atom. The fraction of sp³-hybridized carbons (Fsp3) is 0.676. The fourth-order valence-electron chi connectivity index (χ4n) is 9.33. The van der Waals surface area contributed by atoms with Crippen LogP contribution in [0.25, 0.3) is 22.1 Å². The molecule has 2 unspecified atom stereocenters. The number of nitrogens with zero attached hydrogens (tertiary/aromatic N) is 6. The average molecular weight is 655 g/mol. The second-order valence-electron chi connectivity index (χ2n) is 15.4. The van der Waals surface area contributed by atoms with Crippen molar-refractivity contribution < 1.29 is 4.74 Å². The van der Waals surface area contributed by atoms with Gasteiger partial charge in [0.05, 0.1) is 23.0 Å². The quantitative estimate of drug-likeness (QED) is 0.147. The highest BCUT2D eigenvalue weighted by Gasteiger charge is 2.33. The van der Waals surface area contributed by atoms with Crippen molar-refractivity contribution in [3.63, 3.8) is 0 Å². The standard InChI is InChI=1S/C37H54N10O/c1-46(2)26-12-8-24(9-13-26)45-37-33-30(19-39-35(33)41-22-43-37)31-17-16-28(48-31)20-47(3)27-14-10-25(11-15-27)44-36-32-29(23-6-4-5-7-23)18-38-34(32)40-21-42-36/h18-19,21-28,31H,4-17,20H2,1-3H3,(H2,38,40,42,44)(H2,39,41,43,45). The van der Waals surface area contributed by atoms with E-state index in [1.54, 1.807) is 12.7 Å². The second-order valence-corrected chi connectivity index (χ2v) is 15.4. The van der Waals surface area contributed by atoms with Gasteiger partial charge in [-0.1, -0.05) is 12.8 Å². The summed E-state index contributed by atoms with van der Waals surface area (Å²) in [6.07, 6.45) is 24.7. The number of ether oxygens (including phenoxy) is 1. The highest BCUT2D eigenvalue weighted by molar-refractivity contribution is 5.91. The molecular formula is C37H54N10O. The third-order valence-electron chi connectivity index (χ3n) is 12.2.